The van der Waals surface area contributed by atoms with E-state index in [0.29, 0.717) is 6.54 Å². The number of nitrogens with zero attached hydrogens (tertiary/aromatic N) is 3. The van der Waals surface area contributed by atoms with E-state index in [9.17, 15) is 14.9 Å². The first-order valence-electron chi connectivity index (χ1n) is 10.6. The number of hydrogen-bond donors (Lipinski definition) is 1. The number of ether oxygens (including phenoxy) is 2. The maximum atomic E-state index is 13.0. The van der Waals surface area contributed by atoms with Crippen LogP contribution in [0.15, 0.2) is 36.4 Å². The van der Waals surface area contributed by atoms with Crippen LogP contribution in [0.4, 0.5) is 11.4 Å². The SMILES string of the molecule is COc1cc(C(=O)NCC(c2ccc(N(C)C)cc2)N2CCCC2)c([N+](=O)[O-])cc1OC. The first-order valence-corrected chi connectivity index (χ1v) is 10.6. The quantitative estimate of drug-likeness (QED) is 0.470. The average molecular weight is 443 g/mol. The Morgan fingerprint density at radius 3 is 2.25 bits per heavy atom. The highest BCUT2D eigenvalue weighted by Gasteiger charge is 2.27. The van der Waals surface area contributed by atoms with Gasteiger partial charge >= 0.3 is 0 Å². The fourth-order valence-electron chi connectivity index (χ4n) is 3.99. The molecule has 1 aliphatic heterocycles. The van der Waals surface area contributed by atoms with Crippen LogP contribution < -0.4 is 19.7 Å². The van der Waals surface area contributed by atoms with Gasteiger partial charge in [0, 0.05) is 32.4 Å². The fraction of sp³-hybridized carbons (Fsp3) is 0.435. The molecule has 9 nitrogen and oxygen atoms in total. The molecule has 3 rings (SSSR count). The lowest BCUT2D eigenvalue weighted by Gasteiger charge is -2.28. The monoisotopic (exact) mass is 442 g/mol. The van der Waals surface area contributed by atoms with Crippen molar-refractivity contribution in [1.29, 1.82) is 0 Å². The van der Waals surface area contributed by atoms with Crippen LogP contribution in [0, 0.1) is 10.1 Å². The van der Waals surface area contributed by atoms with Gasteiger partial charge in [0.15, 0.2) is 11.5 Å². The number of likely N-dealkylation sites (tertiary alicyclic amines) is 1. The summed E-state index contributed by atoms with van der Waals surface area (Å²) in [7, 11) is 6.79. The molecule has 0 spiro atoms. The number of nitro benzene ring substituents is 1. The van der Waals surface area contributed by atoms with Gasteiger partial charge in [-0.1, -0.05) is 12.1 Å². The fourth-order valence-corrected chi connectivity index (χ4v) is 3.99. The maximum absolute atomic E-state index is 13.0. The number of rotatable bonds is 9. The predicted molar refractivity (Wildman–Crippen MR) is 123 cm³/mol. The molecule has 0 saturated carbocycles. The number of carbonyl (C=O) groups is 1. The van der Waals surface area contributed by atoms with Gasteiger partial charge in [-0.2, -0.15) is 0 Å². The summed E-state index contributed by atoms with van der Waals surface area (Å²) in [5.74, 6) is -0.0583. The second-order valence-corrected chi connectivity index (χ2v) is 7.94. The zero-order valence-electron chi connectivity index (χ0n) is 19.0. The van der Waals surface area contributed by atoms with E-state index in [-0.39, 0.29) is 28.8 Å². The van der Waals surface area contributed by atoms with Crippen LogP contribution in [0.5, 0.6) is 11.5 Å². The lowest BCUT2D eigenvalue weighted by atomic mass is 10.0. The topological polar surface area (TPSA) is 97.2 Å². The zero-order valence-corrected chi connectivity index (χ0v) is 19.0. The van der Waals surface area contributed by atoms with E-state index in [1.165, 1.54) is 26.4 Å². The molecule has 1 aliphatic rings. The van der Waals surface area contributed by atoms with E-state index >= 15 is 0 Å². The summed E-state index contributed by atoms with van der Waals surface area (Å²) in [6.07, 6.45) is 2.22. The van der Waals surface area contributed by atoms with E-state index in [0.717, 1.165) is 37.2 Å². The predicted octanol–water partition coefficient (Wildman–Crippen LogP) is 3.24. The molecule has 172 valence electrons. The third-order valence-corrected chi connectivity index (χ3v) is 5.77. The summed E-state index contributed by atoms with van der Waals surface area (Å²) < 4.78 is 10.4. The standard InChI is InChI=1S/C23H30N4O5/c1-25(2)17-9-7-16(8-10-17)20(26-11-5-6-12-26)15-24-23(28)18-13-21(31-3)22(32-4)14-19(18)27(29)30/h7-10,13-14,20H,5-6,11-12,15H2,1-4H3,(H,24,28). The molecule has 1 unspecified atom stereocenters. The van der Waals surface area contributed by atoms with E-state index in [1.54, 1.807) is 0 Å². The van der Waals surface area contributed by atoms with Gasteiger partial charge in [-0.15, -0.1) is 0 Å². The molecular formula is C23H30N4O5. The molecule has 1 amide bonds. The summed E-state index contributed by atoms with van der Waals surface area (Å²) in [4.78, 5) is 28.3. The Labute approximate surface area is 188 Å². The van der Waals surface area contributed by atoms with Gasteiger partial charge in [0.2, 0.25) is 0 Å². The summed E-state index contributed by atoms with van der Waals surface area (Å²) in [5, 5.41) is 14.5. The molecule has 1 N–H and O–H groups in total. The highest BCUT2D eigenvalue weighted by molar-refractivity contribution is 5.99. The molecular weight excluding hydrogens is 412 g/mol. The van der Waals surface area contributed by atoms with Crippen LogP contribution in [0.25, 0.3) is 0 Å². The minimum atomic E-state index is -0.588. The number of benzene rings is 2. The highest BCUT2D eigenvalue weighted by atomic mass is 16.6. The minimum Gasteiger partial charge on any atom is -0.493 e. The Kier molecular flexibility index (Phi) is 7.53. The second-order valence-electron chi connectivity index (χ2n) is 7.94. The van der Waals surface area contributed by atoms with Crippen molar-refractivity contribution in [2.75, 3.05) is 52.8 Å². The van der Waals surface area contributed by atoms with Gasteiger partial charge in [-0.05, 0) is 43.6 Å². The Hall–Kier alpha value is -3.33. The molecule has 1 atom stereocenters. The van der Waals surface area contributed by atoms with Crippen molar-refractivity contribution < 1.29 is 19.2 Å². The molecule has 0 aromatic heterocycles. The lowest BCUT2D eigenvalue weighted by molar-refractivity contribution is -0.385. The van der Waals surface area contributed by atoms with Crippen LogP contribution in [0.2, 0.25) is 0 Å². The van der Waals surface area contributed by atoms with Crippen molar-refractivity contribution in [3.8, 4) is 11.5 Å². The average Bonchev–Trinajstić information content (AvgIpc) is 3.32. The first kappa shape index (κ1) is 23.3. The van der Waals surface area contributed by atoms with Gasteiger partial charge in [-0.3, -0.25) is 19.8 Å². The van der Waals surface area contributed by atoms with Gasteiger partial charge < -0.3 is 19.7 Å². The molecule has 2 aromatic rings. The molecule has 9 heteroatoms. The van der Waals surface area contributed by atoms with E-state index < -0.39 is 10.8 Å². The zero-order chi connectivity index (χ0) is 23.3. The molecule has 0 radical (unpaired) electrons. The van der Waals surface area contributed by atoms with E-state index in [1.807, 2.05) is 19.0 Å². The number of nitro groups is 1. The Balaban J connectivity index is 1.84. The summed E-state index contributed by atoms with van der Waals surface area (Å²) in [6.45, 7) is 2.24. The first-order chi connectivity index (χ1) is 15.3. The number of amides is 1. The van der Waals surface area contributed by atoms with Gasteiger partial charge in [0.05, 0.1) is 31.3 Å². The minimum absolute atomic E-state index is 0.0168. The van der Waals surface area contributed by atoms with Crippen molar-refractivity contribution >= 4 is 17.3 Å². The third-order valence-electron chi connectivity index (χ3n) is 5.77. The van der Waals surface area contributed by atoms with E-state index in [4.69, 9.17) is 9.47 Å². The van der Waals surface area contributed by atoms with Gasteiger partial charge in [0.25, 0.3) is 11.6 Å². The molecule has 1 heterocycles. The van der Waals surface area contributed by atoms with Crippen LogP contribution >= 0.6 is 0 Å². The van der Waals surface area contributed by atoms with Crippen LogP contribution in [-0.2, 0) is 0 Å². The molecule has 0 bridgehead atoms. The number of hydrogen-bond acceptors (Lipinski definition) is 7. The molecule has 2 aromatic carbocycles. The van der Waals surface area contributed by atoms with Crippen LogP contribution in [0.3, 0.4) is 0 Å². The van der Waals surface area contributed by atoms with Crippen molar-refractivity contribution in [3.05, 3.63) is 57.6 Å². The summed E-state index contributed by atoms with van der Waals surface area (Å²) >= 11 is 0. The Morgan fingerprint density at radius 1 is 1.12 bits per heavy atom. The Bertz CT molecular complexity index is 956. The molecule has 32 heavy (non-hydrogen) atoms. The number of nitrogens with one attached hydrogen (secondary N) is 1. The van der Waals surface area contributed by atoms with Crippen molar-refractivity contribution in [2.24, 2.45) is 0 Å². The lowest BCUT2D eigenvalue weighted by Crippen LogP contribution is -2.37. The largest absolute Gasteiger partial charge is 0.493 e. The summed E-state index contributed by atoms with van der Waals surface area (Å²) in [5.41, 5.74) is 1.81. The summed E-state index contributed by atoms with van der Waals surface area (Å²) in [6, 6.07) is 10.8. The van der Waals surface area contributed by atoms with Gasteiger partial charge in [0.1, 0.15) is 5.56 Å². The van der Waals surface area contributed by atoms with Crippen molar-refractivity contribution in [2.45, 2.75) is 18.9 Å². The van der Waals surface area contributed by atoms with E-state index in [2.05, 4.69) is 34.5 Å². The highest BCUT2D eigenvalue weighted by Crippen LogP contribution is 2.34. The number of methoxy groups -OCH3 is 2. The smallest absolute Gasteiger partial charge is 0.286 e. The number of carbonyl (C=O) groups excluding carboxylic acids is 1. The molecule has 1 saturated heterocycles. The normalized spacial score (nSPS) is 14.6. The maximum Gasteiger partial charge on any atom is 0.286 e. The second kappa shape index (κ2) is 10.3. The van der Waals surface area contributed by atoms with Crippen LogP contribution in [-0.4, -0.2) is 63.7 Å². The molecule has 0 aliphatic carbocycles. The third kappa shape index (κ3) is 5.11. The van der Waals surface area contributed by atoms with Crippen molar-refractivity contribution in [3.63, 3.8) is 0 Å². The number of anilines is 1. The van der Waals surface area contributed by atoms with Gasteiger partial charge in [-0.25, -0.2) is 0 Å². The Morgan fingerprint density at radius 2 is 1.72 bits per heavy atom. The van der Waals surface area contributed by atoms with Crippen LogP contribution in [0.1, 0.15) is 34.8 Å². The van der Waals surface area contributed by atoms with Crippen molar-refractivity contribution in [1.82, 2.24) is 10.2 Å². The molecule has 1 fully saturated rings.